The molecular weight excluding hydrogens is 507 g/mol. The van der Waals surface area contributed by atoms with E-state index in [-0.39, 0.29) is 42.5 Å². The zero-order valence-corrected chi connectivity index (χ0v) is 20.2. The number of carboxylic acids is 1. The molecule has 2 aromatic heterocycles. The van der Waals surface area contributed by atoms with Gasteiger partial charge in [0.1, 0.15) is 17.2 Å². The molecule has 4 aromatic rings. The first kappa shape index (κ1) is 26.5. The maximum Gasteiger partial charge on any atom is 0.573 e. The minimum absolute atomic E-state index is 0.103. The molecule has 2 heterocycles. The van der Waals surface area contributed by atoms with Gasteiger partial charge in [-0.3, -0.25) is 4.79 Å². The highest BCUT2D eigenvalue weighted by atomic mass is 19.4. The highest BCUT2D eigenvalue weighted by Crippen LogP contribution is 2.34. The number of hydrogen-bond donors (Lipinski definition) is 1. The van der Waals surface area contributed by atoms with Crippen LogP contribution in [0.1, 0.15) is 25.3 Å². The van der Waals surface area contributed by atoms with Gasteiger partial charge in [0.05, 0.1) is 12.5 Å². The van der Waals surface area contributed by atoms with Crippen LogP contribution in [0.15, 0.2) is 65.3 Å². The Morgan fingerprint density at radius 2 is 1.74 bits per heavy atom. The lowest BCUT2D eigenvalue weighted by molar-refractivity contribution is -0.274. The third-order valence-corrected chi connectivity index (χ3v) is 4.88. The van der Waals surface area contributed by atoms with Crippen LogP contribution in [0.2, 0.25) is 0 Å². The van der Waals surface area contributed by atoms with Gasteiger partial charge in [0.2, 0.25) is 5.89 Å². The summed E-state index contributed by atoms with van der Waals surface area (Å²) in [6.07, 6.45) is -2.11. The molecule has 0 saturated carbocycles. The van der Waals surface area contributed by atoms with Crippen molar-refractivity contribution in [1.82, 2.24) is 15.0 Å². The number of nitrogens with zero attached hydrogens (tertiary/aromatic N) is 3. The van der Waals surface area contributed by atoms with Crippen LogP contribution in [0.25, 0.3) is 22.6 Å². The maximum atomic E-state index is 12.6. The van der Waals surface area contributed by atoms with Gasteiger partial charge in [-0.15, -0.1) is 13.2 Å². The minimum atomic E-state index is -4.82. The van der Waals surface area contributed by atoms with Gasteiger partial charge in [-0.05, 0) is 55.8 Å². The monoisotopic (exact) mass is 529 g/mol. The van der Waals surface area contributed by atoms with E-state index in [0.717, 1.165) is 12.1 Å². The number of alkyl halides is 3. The molecule has 0 spiro atoms. The topological polar surface area (TPSA) is 117 Å². The number of aromatic nitrogens is 3. The van der Waals surface area contributed by atoms with Crippen LogP contribution < -0.4 is 14.2 Å². The average molecular weight is 529 g/mol. The van der Waals surface area contributed by atoms with Crippen molar-refractivity contribution in [3.63, 3.8) is 0 Å². The fourth-order valence-corrected chi connectivity index (χ4v) is 3.40. The van der Waals surface area contributed by atoms with Gasteiger partial charge in [0, 0.05) is 23.5 Å². The van der Waals surface area contributed by atoms with Crippen LogP contribution in [0.5, 0.6) is 17.5 Å². The normalized spacial score (nSPS) is 11.4. The van der Waals surface area contributed by atoms with Crippen LogP contribution in [0, 0.1) is 0 Å². The van der Waals surface area contributed by atoms with E-state index in [9.17, 15) is 18.0 Å². The second-order valence-corrected chi connectivity index (χ2v) is 8.29. The number of rotatable bonds is 10. The van der Waals surface area contributed by atoms with Gasteiger partial charge in [0.25, 0.3) is 0 Å². The molecule has 0 radical (unpaired) electrons. The van der Waals surface area contributed by atoms with Gasteiger partial charge in [-0.25, -0.2) is 15.0 Å². The molecule has 0 atom stereocenters. The third kappa shape index (κ3) is 7.21. The first-order valence-corrected chi connectivity index (χ1v) is 11.3. The minimum Gasteiger partial charge on any atom is -0.484 e. The molecule has 0 bridgehead atoms. The van der Waals surface area contributed by atoms with Crippen LogP contribution in [-0.4, -0.2) is 38.5 Å². The van der Waals surface area contributed by atoms with Crippen LogP contribution in [0.3, 0.4) is 0 Å². The van der Waals surface area contributed by atoms with Crippen LogP contribution in [-0.2, 0) is 17.8 Å². The number of benzene rings is 2. The first-order chi connectivity index (χ1) is 18.1. The predicted molar refractivity (Wildman–Crippen MR) is 128 cm³/mol. The van der Waals surface area contributed by atoms with E-state index >= 15 is 0 Å². The molecule has 0 aliphatic rings. The fraction of sp³-hybridized carbons (Fsp3) is 0.231. The quantitative estimate of drug-likeness (QED) is 0.276. The van der Waals surface area contributed by atoms with E-state index in [2.05, 4.69) is 19.7 Å². The van der Waals surface area contributed by atoms with Crippen molar-refractivity contribution in [2.75, 3.05) is 0 Å². The molecule has 4 rings (SSSR count). The van der Waals surface area contributed by atoms with E-state index in [0.29, 0.717) is 28.1 Å². The number of aliphatic carboxylic acids is 1. The molecule has 198 valence electrons. The molecule has 0 saturated heterocycles. The maximum absolute atomic E-state index is 12.6. The summed E-state index contributed by atoms with van der Waals surface area (Å²) in [5.41, 5.74) is 1.80. The predicted octanol–water partition coefficient (Wildman–Crippen LogP) is 5.69. The SMILES string of the molecule is CC(C)Oc1ncc(-c2nc(COc3cccc(CC(=O)O)c3)oc2-c2ccc(OC(F)(F)F)cc2)cn1. The second kappa shape index (κ2) is 11.2. The standard InChI is InChI=1S/C26H22F3N3O6/c1-15(2)36-25-30-12-18(13-31-25)23-24(17-6-8-19(9-7-17)38-26(27,28)29)37-21(32-23)14-35-20-5-3-4-16(10-20)11-22(33)34/h3-10,12-13,15H,11,14H2,1-2H3,(H,33,34). The highest BCUT2D eigenvalue weighted by Gasteiger charge is 2.31. The van der Waals surface area contributed by atoms with Crippen molar-refractivity contribution < 1.29 is 41.7 Å². The van der Waals surface area contributed by atoms with Crippen LogP contribution in [0.4, 0.5) is 13.2 Å². The fourth-order valence-electron chi connectivity index (χ4n) is 3.40. The van der Waals surface area contributed by atoms with Crippen molar-refractivity contribution in [1.29, 1.82) is 0 Å². The summed E-state index contributed by atoms with van der Waals surface area (Å²) in [5.74, 6) is -0.523. The highest BCUT2D eigenvalue weighted by molar-refractivity contribution is 5.76. The summed E-state index contributed by atoms with van der Waals surface area (Å²) in [6.45, 7) is 3.57. The molecule has 0 aliphatic carbocycles. The molecule has 0 unspecified atom stereocenters. The molecule has 2 aromatic carbocycles. The molecule has 0 amide bonds. The number of hydrogen-bond acceptors (Lipinski definition) is 8. The molecule has 0 fully saturated rings. The van der Waals surface area contributed by atoms with Gasteiger partial charge in [0.15, 0.2) is 12.4 Å². The zero-order valence-electron chi connectivity index (χ0n) is 20.2. The molecular formula is C26H22F3N3O6. The Labute approximate surface area is 214 Å². The van der Waals surface area contributed by atoms with E-state index < -0.39 is 12.3 Å². The average Bonchev–Trinajstić information content (AvgIpc) is 3.26. The Kier molecular flexibility index (Phi) is 7.79. The van der Waals surface area contributed by atoms with Crippen LogP contribution >= 0.6 is 0 Å². The van der Waals surface area contributed by atoms with E-state index in [1.165, 1.54) is 24.5 Å². The Hall–Kier alpha value is -4.61. The number of ether oxygens (including phenoxy) is 3. The lowest BCUT2D eigenvalue weighted by Crippen LogP contribution is -2.16. The van der Waals surface area contributed by atoms with Crippen molar-refractivity contribution >= 4 is 5.97 Å². The smallest absolute Gasteiger partial charge is 0.484 e. The van der Waals surface area contributed by atoms with E-state index in [1.54, 1.807) is 24.3 Å². The second-order valence-electron chi connectivity index (χ2n) is 8.29. The summed E-state index contributed by atoms with van der Waals surface area (Å²) in [5, 5.41) is 9.00. The van der Waals surface area contributed by atoms with Gasteiger partial charge < -0.3 is 23.7 Å². The summed E-state index contributed by atoms with van der Waals surface area (Å²) >= 11 is 0. The molecule has 1 N–H and O–H groups in total. The number of halogens is 3. The summed E-state index contributed by atoms with van der Waals surface area (Å²) < 4.78 is 58.8. The van der Waals surface area contributed by atoms with Crippen molar-refractivity contribution in [3.8, 4) is 40.1 Å². The number of carboxylic acid groups (broad SMARTS) is 1. The van der Waals surface area contributed by atoms with E-state index in [4.69, 9.17) is 19.0 Å². The molecule has 12 heteroatoms. The van der Waals surface area contributed by atoms with E-state index in [1.807, 2.05) is 13.8 Å². The summed E-state index contributed by atoms with van der Waals surface area (Å²) in [7, 11) is 0. The molecule has 9 nitrogen and oxygen atoms in total. The van der Waals surface area contributed by atoms with Crippen molar-refractivity contribution in [2.24, 2.45) is 0 Å². The summed E-state index contributed by atoms with van der Waals surface area (Å²) in [4.78, 5) is 23.8. The Bertz CT molecular complexity index is 1390. The Morgan fingerprint density at radius 3 is 2.37 bits per heavy atom. The third-order valence-electron chi connectivity index (χ3n) is 4.88. The lowest BCUT2D eigenvalue weighted by atomic mass is 10.1. The first-order valence-electron chi connectivity index (χ1n) is 11.3. The number of carbonyl (C=O) groups is 1. The number of oxazole rings is 1. The molecule has 38 heavy (non-hydrogen) atoms. The van der Waals surface area contributed by atoms with Gasteiger partial charge in [-0.1, -0.05) is 12.1 Å². The summed E-state index contributed by atoms with van der Waals surface area (Å²) in [6, 6.07) is 11.9. The van der Waals surface area contributed by atoms with Crippen molar-refractivity contribution in [2.45, 2.75) is 39.3 Å². The lowest BCUT2D eigenvalue weighted by Gasteiger charge is -2.09. The van der Waals surface area contributed by atoms with Gasteiger partial charge in [-0.2, -0.15) is 0 Å². The Balaban J connectivity index is 1.62. The largest absolute Gasteiger partial charge is 0.573 e. The molecule has 0 aliphatic heterocycles. The zero-order chi connectivity index (χ0) is 27.3. The van der Waals surface area contributed by atoms with Gasteiger partial charge >= 0.3 is 18.3 Å². The van der Waals surface area contributed by atoms with Crippen molar-refractivity contribution in [3.05, 3.63) is 72.4 Å². The Morgan fingerprint density at radius 1 is 1.03 bits per heavy atom.